The van der Waals surface area contributed by atoms with Gasteiger partial charge in [-0.25, -0.2) is 5.21 Å². The molecule has 0 aliphatic carbocycles. The molecule has 1 unspecified atom stereocenters. The lowest BCUT2D eigenvalue weighted by molar-refractivity contribution is -0.0911. The summed E-state index contributed by atoms with van der Waals surface area (Å²) in [4.78, 5) is 8.31. The summed E-state index contributed by atoms with van der Waals surface area (Å²) in [5.41, 5.74) is 2.68. The topological polar surface area (TPSA) is 33.1 Å². The number of hydroxylamine groups is 2. The number of aryl methyl sites for hydroxylation is 1. The number of thiazole rings is 1. The van der Waals surface area contributed by atoms with Gasteiger partial charge in [-0.1, -0.05) is 29.5 Å². The second-order valence-electron chi connectivity index (χ2n) is 6.48. The highest BCUT2D eigenvalue weighted by molar-refractivity contribution is 7.27. The van der Waals surface area contributed by atoms with Crippen LogP contribution in [0.5, 0.6) is 0 Å². The van der Waals surface area contributed by atoms with Crippen molar-refractivity contribution in [3.05, 3.63) is 57.9 Å². The van der Waals surface area contributed by atoms with Crippen LogP contribution in [0.15, 0.2) is 41.9 Å². The molecule has 1 aliphatic rings. The molecule has 0 fully saturated rings. The van der Waals surface area contributed by atoms with Crippen molar-refractivity contribution in [1.82, 2.24) is 9.63 Å². The number of hydrogen-bond acceptors (Lipinski definition) is 5. The lowest BCUT2D eigenvalue weighted by atomic mass is 10.1. The fourth-order valence-corrected chi connectivity index (χ4v) is 6.83. The van der Waals surface area contributed by atoms with Gasteiger partial charge in [-0.15, -0.1) is 27.3 Å². The van der Waals surface area contributed by atoms with Gasteiger partial charge in [0.25, 0.3) is 0 Å². The van der Waals surface area contributed by atoms with Gasteiger partial charge in [-0.2, -0.15) is 4.98 Å². The van der Waals surface area contributed by atoms with E-state index < -0.39 is 0 Å². The van der Waals surface area contributed by atoms with Crippen LogP contribution < -0.4 is 4.65 Å². The SMILES string of the molecule is Cc1c(-c2cnc([N+]3(O)CCc4ccsc4C3)s2)sc2ccccc12. The van der Waals surface area contributed by atoms with Crippen LogP contribution in [0.3, 0.4) is 0 Å². The summed E-state index contributed by atoms with van der Waals surface area (Å²) in [5.74, 6) is 0. The molecule has 126 valence electrons. The third kappa shape index (κ3) is 2.48. The van der Waals surface area contributed by atoms with Crippen LogP contribution in [0.25, 0.3) is 19.8 Å². The Balaban J connectivity index is 1.54. The summed E-state index contributed by atoms with van der Waals surface area (Å²) in [7, 11) is 0. The first-order chi connectivity index (χ1) is 12.1. The Kier molecular flexibility index (Phi) is 3.59. The van der Waals surface area contributed by atoms with Crippen LogP contribution in [0.4, 0.5) is 5.13 Å². The van der Waals surface area contributed by atoms with Crippen LogP contribution in [-0.2, 0) is 13.0 Å². The fraction of sp³-hybridized carbons (Fsp3) is 0.211. The minimum absolute atomic E-state index is 0.0673. The lowest BCUT2D eigenvalue weighted by Gasteiger charge is -2.30. The van der Waals surface area contributed by atoms with E-state index in [9.17, 15) is 5.21 Å². The van der Waals surface area contributed by atoms with E-state index in [0.717, 1.165) is 16.4 Å². The molecular formula is C19H17N2OS3+. The molecule has 0 saturated heterocycles. The maximum absolute atomic E-state index is 11.2. The molecule has 1 atom stereocenters. The number of aromatic nitrogens is 1. The Morgan fingerprint density at radius 3 is 2.92 bits per heavy atom. The summed E-state index contributed by atoms with van der Waals surface area (Å²) >= 11 is 5.17. The van der Waals surface area contributed by atoms with Crippen molar-refractivity contribution in [2.75, 3.05) is 6.54 Å². The first kappa shape index (κ1) is 15.7. The molecule has 6 heteroatoms. The van der Waals surface area contributed by atoms with Gasteiger partial charge in [0.1, 0.15) is 6.54 Å². The van der Waals surface area contributed by atoms with Gasteiger partial charge >= 0.3 is 5.13 Å². The predicted octanol–water partition coefficient (Wildman–Crippen LogP) is 5.85. The molecule has 4 heterocycles. The van der Waals surface area contributed by atoms with Gasteiger partial charge in [0.2, 0.25) is 0 Å². The number of nitrogens with zero attached hydrogens (tertiary/aromatic N) is 2. The third-order valence-corrected chi connectivity index (χ3v) is 8.45. The van der Waals surface area contributed by atoms with Crippen molar-refractivity contribution in [1.29, 1.82) is 0 Å². The Bertz CT molecular complexity index is 1080. The summed E-state index contributed by atoms with van der Waals surface area (Å²) in [5, 5.41) is 15.4. The summed E-state index contributed by atoms with van der Waals surface area (Å²) in [6.45, 7) is 3.50. The van der Waals surface area contributed by atoms with E-state index in [0.29, 0.717) is 13.1 Å². The van der Waals surface area contributed by atoms with E-state index in [1.807, 2.05) is 17.5 Å². The average molecular weight is 386 g/mol. The van der Waals surface area contributed by atoms with Gasteiger partial charge in [0.15, 0.2) is 6.54 Å². The maximum atomic E-state index is 11.2. The fourth-order valence-electron chi connectivity index (χ4n) is 3.49. The first-order valence-electron chi connectivity index (χ1n) is 8.24. The normalized spacial score (nSPS) is 20.1. The van der Waals surface area contributed by atoms with E-state index in [2.05, 4.69) is 47.6 Å². The van der Waals surface area contributed by atoms with Gasteiger partial charge in [0.05, 0.1) is 20.8 Å². The number of rotatable bonds is 2. The van der Waals surface area contributed by atoms with E-state index in [1.165, 1.54) is 31.0 Å². The zero-order valence-electron chi connectivity index (χ0n) is 13.7. The Morgan fingerprint density at radius 2 is 2.04 bits per heavy atom. The Hall–Kier alpha value is -1.57. The molecule has 1 aliphatic heterocycles. The minimum Gasteiger partial charge on any atom is -0.209 e. The highest BCUT2D eigenvalue weighted by Gasteiger charge is 2.38. The molecule has 0 amide bonds. The van der Waals surface area contributed by atoms with Crippen molar-refractivity contribution in [3.8, 4) is 9.75 Å². The molecule has 0 radical (unpaired) electrons. The Morgan fingerprint density at radius 1 is 1.16 bits per heavy atom. The predicted molar refractivity (Wildman–Crippen MR) is 108 cm³/mol. The molecule has 0 bridgehead atoms. The molecule has 1 N–H and O–H groups in total. The van der Waals surface area contributed by atoms with Gasteiger partial charge in [0, 0.05) is 11.1 Å². The number of thiophene rings is 2. The highest BCUT2D eigenvalue weighted by atomic mass is 32.1. The van der Waals surface area contributed by atoms with E-state index in [1.54, 1.807) is 22.7 Å². The van der Waals surface area contributed by atoms with Crippen molar-refractivity contribution in [2.24, 2.45) is 0 Å². The molecule has 1 aromatic carbocycles. The molecule has 0 spiro atoms. The second kappa shape index (κ2) is 5.72. The molecule has 3 nitrogen and oxygen atoms in total. The monoisotopic (exact) mass is 385 g/mol. The number of hydrogen-bond donors (Lipinski definition) is 1. The average Bonchev–Trinajstić information content (AvgIpc) is 3.33. The van der Waals surface area contributed by atoms with Gasteiger partial charge in [-0.3, -0.25) is 0 Å². The number of quaternary nitrogens is 1. The van der Waals surface area contributed by atoms with Crippen LogP contribution in [0, 0.1) is 6.92 Å². The highest BCUT2D eigenvalue weighted by Crippen LogP contribution is 2.43. The first-order valence-corrected chi connectivity index (χ1v) is 10.8. The number of fused-ring (bicyclic) bond motifs is 2. The quantitative estimate of drug-likeness (QED) is 0.439. The number of benzene rings is 1. The van der Waals surface area contributed by atoms with Crippen LogP contribution in [-0.4, -0.2) is 16.7 Å². The van der Waals surface area contributed by atoms with Gasteiger partial charge < -0.3 is 0 Å². The maximum Gasteiger partial charge on any atom is 0.319 e. The third-order valence-electron chi connectivity index (χ3n) is 4.91. The molecule has 5 rings (SSSR count). The second-order valence-corrected chi connectivity index (χ2v) is 9.54. The molecule has 25 heavy (non-hydrogen) atoms. The van der Waals surface area contributed by atoms with E-state index in [-0.39, 0.29) is 4.65 Å². The van der Waals surface area contributed by atoms with Crippen LogP contribution in [0.2, 0.25) is 0 Å². The van der Waals surface area contributed by atoms with Crippen LogP contribution in [0.1, 0.15) is 16.0 Å². The molecular weight excluding hydrogens is 368 g/mol. The standard InChI is InChI=1S/C19H17N2OS3/c1-12-14-4-2-3-5-15(14)24-18(12)16-10-20-19(25-16)21(22)8-6-13-7-9-23-17(13)11-21/h2-5,7,9-10,22H,6,8,11H2,1H3/q+1. The summed E-state index contributed by atoms with van der Waals surface area (Å²) < 4.78 is 1.24. The molecule has 4 aromatic rings. The smallest absolute Gasteiger partial charge is 0.209 e. The van der Waals surface area contributed by atoms with Crippen molar-refractivity contribution >= 4 is 49.2 Å². The largest absolute Gasteiger partial charge is 0.319 e. The van der Waals surface area contributed by atoms with Crippen LogP contribution >= 0.6 is 34.0 Å². The van der Waals surface area contributed by atoms with E-state index in [4.69, 9.17) is 0 Å². The minimum atomic E-state index is -0.0673. The Labute approximate surface area is 158 Å². The molecule has 0 saturated carbocycles. The lowest BCUT2D eigenvalue weighted by Crippen LogP contribution is -2.48. The molecule has 3 aromatic heterocycles. The van der Waals surface area contributed by atoms with Crippen molar-refractivity contribution < 1.29 is 5.21 Å². The van der Waals surface area contributed by atoms with Gasteiger partial charge in [-0.05, 0) is 40.9 Å². The summed E-state index contributed by atoms with van der Waals surface area (Å²) in [6.07, 6.45) is 2.84. The summed E-state index contributed by atoms with van der Waals surface area (Å²) in [6, 6.07) is 10.7. The zero-order chi connectivity index (χ0) is 17.0. The van der Waals surface area contributed by atoms with E-state index >= 15 is 0 Å². The van der Waals surface area contributed by atoms with Crippen molar-refractivity contribution in [3.63, 3.8) is 0 Å². The van der Waals surface area contributed by atoms with Crippen molar-refractivity contribution in [2.45, 2.75) is 19.9 Å². The zero-order valence-corrected chi connectivity index (χ0v) is 16.2.